The molecule has 3 N–H and O–H groups in total. The molecule has 0 bridgehead atoms. The topological polar surface area (TPSA) is 95.9 Å². The van der Waals surface area contributed by atoms with Crippen molar-refractivity contribution in [2.24, 2.45) is 0 Å². The van der Waals surface area contributed by atoms with Gasteiger partial charge in [0.15, 0.2) is 0 Å². The number of amides is 1. The van der Waals surface area contributed by atoms with E-state index in [1.54, 1.807) is 0 Å². The van der Waals surface area contributed by atoms with Crippen LogP contribution in [0.2, 0.25) is 0 Å². The third kappa shape index (κ3) is 42.0. The Hall–Kier alpha value is -2.70. The van der Waals surface area contributed by atoms with E-state index in [0.29, 0.717) is 19.3 Å². The molecular weight excluding hydrogens is 743 g/mol. The van der Waals surface area contributed by atoms with E-state index in [-0.39, 0.29) is 24.9 Å². The van der Waals surface area contributed by atoms with Crippen molar-refractivity contribution in [3.63, 3.8) is 0 Å². The molecule has 0 spiro atoms. The lowest BCUT2D eigenvalue weighted by Gasteiger charge is -2.24. The van der Waals surface area contributed by atoms with E-state index in [1.807, 2.05) is 0 Å². The highest BCUT2D eigenvalue weighted by molar-refractivity contribution is 5.77. The van der Waals surface area contributed by atoms with E-state index in [0.717, 1.165) is 116 Å². The van der Waals surface area contributed by atoms with E-state index >= 15 is 0 Å². The number of carbonyl (C=O) groups excluding carboxylic acids is 2. The molecule has 0 fully saturated rings. The molecule has 0 aromatic heterocycles. The summed E-state index contributed by atoms with van der Waals surface area (Å²) in [7, 11) is 0. The lowest BCUT2D eigenvalue weighted by molar-refractivity contribution is -0.151. The van der Waals surface area contributed by atoms with Crippen LogP contribution in [0.3, 0.4) is 0 Å². The van der Waals surface area contributed by atoms with Crippen molar-refractivity contribution in [3.8, 4) is 0 Å². The first-order chi connectivity index (χ1) is 29.5. The Balaban J connectivity index is 4.67. The Morgan fingerprint density at radius 1 is 0.500 bits per heavy atom. The second-order valence-electron chi connectivity index (χ2n) is 16.8. The van der Waals surface area contributed by atoms with Gasteiger partial charge in [-0.15, -0.1) is 0 Å². The first-order valence-corrected chi connectivity index (χ1v) is 25.2. The van der Waals surface area contributed by atoms with E-state index in [2.05, 4.69) is 99.0 Å². The average Bonchev–Trinajstić information content (AvgIpc) is 3.24. The summed E-state index contributed by atoms with van der Waals surface area (Å²) in [4.78, 5) is 26.1. The first kappa shape index (κ1) is 57.3. The number of ether oxygens (including phenoxy) is 1. The van der Waals surface area contributed by atoms with Crippen molar-refractivity contribution < 1.29 is 24.5 Å². The zero-order chi connectivity index (χ0) is 43.8. The van der Waals surface area contributed by atoms with Crippen LogP contribution in [0.5, 0.6) is 0 Å². The molecule has 6 heteroatoms. The Morgan fingerprint density at radius 2 is 0.900 bits per heavy atom. The molecule has 0 aliphatic rings. The molecule has 0 heterocycles. The zero-order valence-corrected chi connectivity index (χ0v) is 39.3. The third-order valence-electron chi connectivity index (χ3n) is 11.0. The lowest BCUT2D eigenvalue weighted by Crippen LogP contribution is -2.46. The Kier molecular flexibility index (Phi) is 45.2. The van der Waals surface area contributed by atoms with Gasteiger partial charge < -0.3 is 20.3 Å². The lowest BCUT2D eigenvalue weighted by atomic mass is 10.0. The van der Waals surface area contributed by atoms with Crippen LogP contribution in [0.1, 0.15) is 233 Å². The number of aliphatic hydroxyl groups is 2. The summed E-state index contributed by atoms with van der Waals surface area (Å²) in [6.45, 7) is 6.31. The number of hydrogen-bond acceptors (Lipinski definition) is 5. The summed E-state index contributed by atoms with van der Waals surface area (Å²) in [5, 5.41) is 23.7. The predicted molar refractivity (Wildman–Crippen MR) is 259 cm³/mol. The first-order valence-electron chi connectivity index (χ1n) is 25.2. The van der Waals surface area contributed by atoms with Crippen LogP contribution in [0.15, 0.2) is 72.9 Å². The van der Waals surface area contributed by atoms with Crippen LogP contribution in [-0.2, 0) is 14.3 Å². The summed E-state index contributed by atoms with van der Waals surface area (Å²) in [5.41, 5.74) is 0. The summed E-state index contributed by atoms with van der Waals surface area (Å²) in [5.74, 6) is -0.525. The van der Waals surface area contributed by atoms with Crippen LogP contribution in [0, 0.1) is 0 Å². The average molecular weight is 838 g/mol. The molecule has 0 aromatic rings. The molecule has 0 aliphatic heterocycles. The zero-order valence-electron chi connectivity index (χ0n) is 39.3. The molecule has 60 heavy (non-hydrogen) atoms. The number of allylic oxidation sites excluding steroid dienone is 12. The molecule has 1 amide bonds. The number of aliphatic hydroxyl groups excluding tert-OH is 2. The van der Waals surface area contributed by atoms with Crippen molar-refractivity contribution >= 4 is 11.9 Å². The van der Waals surface area contributed by atoms with E-state index in [1.165, 1.54) is 70.6 Å². The maximum atomic E-state index is 13.2. The smallest absolute Gasteiger partial charge is 0.306 e. The third-order valence-corrected chi connectivity index (χ3v) is 11.0. The molecular formula is C54H95NO5. The van der Waals surface area contributed by atoms with E-state index in [9.17, 15) is 19.8 Å². The monoisotopic (exact) mass is 838 g/mol. The van der Waals surface area contributed by atoms with Gasteiger partial charge in [0.05, 0.1) is 25.2 Å². The highest BCUT2D eigenvalue weighted by Crippen LogP contribution is 2.17. The summed E-state index contributed by atoms with van der Waals surface area (Å²) < 4.78 is 5.91. The van der Waals surface area contributed by atoms with Gasteiger partial charge in [-0.2, -0.15) is 0 Å². The van der Waals surface area contributed by atoms with Gasteiger partial charge in [0.25, 0.3) is 0 Å². The fourth-order valence-corrected chi connectivity index (χ4v) is 7.21. The van der Waals surface area contributed by atoms with Gasteiger partial charge in [-0.1, -0.05) is 196 Å². The van der Waals surface area contributed by atoms with Gasteiger partial charge in [-0.25, -0.2) is 0 Å². The molecule has 3 unspecified atom stereocenters. The minimum absolute atomic E-state index is 0.0506. The van der Waals surface area contributed by atoms with Gasteiger partial charge >= 0.3 is 5.97 Å². The normalized spacial score (nSPS) is 13.9. The molecule has 0 aliphatic carbocycles. The van der Waals surface area contributed by atoms with Crippen molar-refractivity contribution in [1.29, 1.82) is 0 Å². The van der Waals surface area contributed by atoms with Crippen LogP contribution in [-0.4, -0.2) is 46.9 Å². The largest absolute Gasteiger partial charge is 0.462 e. The minimum Gasteiger partial charge on any atom is -0.462 e. The highest BCUT2D eigenvalue weighted by Gasteiger charge is 2.24. The van der Waals surface area contributed by atoms with Crippen molar-refractivity contribution in [1.82, 2.24) is 5.32 Å². The SMILES string of the molecule is CC/C=C/C/C=C/C/C=C/CCCCCCC(CC(=O)NC(CO)C(O)CCCCCCCCCCCC)OC(=O)CCCCCC/C=C\C/C=C\C/C=C\CCCCC. The fraction of sp³-hybridized carbons (Fsp3) is 0.741. The summed E-state index contributed by atoms with van der Waals surface area (Å²) in [6, 6.07) is -0.715. The van der Waals surface area contributed by atoms with Crippen LogP contribution in [0.4, 0.5) is 0 Å². The van der Waals surface area contributed by atoms with E-state index in [4.69, 9.17) is 4.74 Å². The number of unbranched alkanes of at least 4 members (excludes halogenated alkanes) is 20. The van der Waals surface area contributed by atoms with Gasteiger partial charge in [-0.05, 0) is 96.3 Å². The minimum atomic E-state index is -0.799. The fourth-order valence-electron chi connectivity index (χ4n) is 7.21. The summed E-state index contributed by atoms with van der Waals surface area (Å²) in [6.07, 6.45) is 59.6. The van der Waals surface area contributed by atoms with Crippen LogP contribution in [0.25, 0.3) is 0 Å². The Labute approximate surface area is 371 Å². The van der Waals surface area contributed by atoms with Crippen LogP contribution < -0.4 is 5.32 Å². The Bertz CT molecular complexity index is 1120. The number of rotatable bonds is 44. The molecule has 346 valence electrons. The van der Waals surface area contributed by atoms with E-state index < -0.39 is 18.2 Å². The molecule has 6 nitrogen and oxygen atoms in total. The number of hydrogen-bond donors (Lipinski definition) is 3. The summed E-state index contributed by atoms with van der Waals surface area (Å²) >= 11 is 0. The molecule has 0 rings (SSSR count). The van der Waals surface area contributed by atoms with Crippen molar-refractivity contribution in [3.05, 3.63) is 72.9 Å². The molecule has 0 saturated carbocycles. The molecule has 3 atom stereocenters. The second kappa shape index (κ2) is 47.4. The van der Waals surface area contributed by atoms with Crippen molar-refractivity contribution in [2.75, 3.05) is 6.61 Å². The van der Waals surface area contributed by atoms with Gasteiger partial charge in [0, 0.05) is 6.42 Å². The molecule has 0 saturated heterocycles. The number of nitrogens with one attached hydrogen (secondary N) is 1. The molecule has 0 aromatic carbocycles. The standard InChI is InChI=1S/C54H95NO5/c1-4-7-10-13-16-19-22-24-26-27-28-30-32-35-38-41-44-47-54(59)60-50(45-42-39-36-33-31-29-25-23-20-17-14-11-8-5-2)48-53(58)55-51(49-56)52(57)46-43-40-37-34-21-18-15-12-9-6-3/h8,11,16-17,19-20,24-26,28-30,50-52,56-57H,4-7,9-10,12-15,18,21-23,27,31-49H2,1-3H3,(H,55,58)/b11-8+,19-16-,20-17+,26-24-,29-25+,30-28-. The second-order valence-corrected chi connectivity index (χ2v) is 16.8. The Morgan fingerprint density at radius 3 is 1.40 bits per heavy atom. The maximum absolute atomic E-state index is 13.2. The number of carbonyl (C=O) groups is 2. The quantitative estimate of drug-likeness (QED) is 0.0323. The van der Waals surface area contributed by atoms with Gasteiger partial charge in [-0.3, -0.25) is 9.59 Å². The molecule has 0 radical (unpaired) electrons. The van der Waals surface area contributed by atoms with Gasteiger partial charge in [0.2, 0.25) is 5.91 Å². The maximum Gasteiger partial charge on any atom is 0.306 e. The highest BCUT2D eigenvalue weighted by atomic mass is 16.5. The van der Waals surface area contributed by atoms with Crippen LogP contribution >= 0.6 is 0 Å². The van der Waals surface area contributed by atoms with Gasteiger partial charge in [0.1, 0.15) is 6.10 Å². The number of esters is 1. The predicted octanol–water partition coefficient (Wildman–Crippen LogP) is 15.0. The van der Waals surface area contributed by atoms with Crippen molar-refractivity contribution in [2.45, 2.75) is 251 Å².